The van der Waals surface area contributed by atoms with Crippen molar-refractivity contribution in [3.63, 3.8) is 0 Å². The third kappa shape index (κ3) is 3.99. The first-order valence-electron chi connectivity index (χ1n) is 8.29. The maximum absolute atomic E-state index is 12.3. The van der Waals surface area contributed by atoms with E-state index in [1.165, 1.54) is 31.5 Å². The van der Waals surface area contributed by atoms with Crippen LogP contribution < -0.4 is 5.32 Å². The van der Waals surface area contributed by atoms with Crippen LogP contribution in [0.3, 0.4) is 0 Å². The zero-order valence-electron chi connectivity index (χ0n) is 13.8. The van der Waals surface area contributed by atoms with Crippen molar-refractivity contribution in [3.05, 3.63) is 47.8 Å². The minimum Gasteiger partial charge on any atom is -0.321 e. The molecule has 2 heterocycles. The van der Waals surface area contributed by atoms with Gasteiger partial charge in [0.25, 0.3) is 5.91 Å². The average molecular weight is 312 g/mol. The number of likely N-dealkylation sites (tertiary alicyclic amines) is 1. The molecular formula is C18H24N4O. The number of nitrogens with zero attached hydrogens (tertiary/aromatic N) is 3. The molecule has 1 aliphatic rings. The first-order valence-corrected chi connectivity index (χ1v) is 8.29. The highest BCUT2D eigenvalue weighted by Gasteiger charge is 2.13. The molecule has 1 amide bonds. The summed E-state index contributed by atoms with van der Waals surface area (Å²) in [7, 11) is 0. The molecule has 23 heavy (non-hydrogen) atoms. The maximum atomic E-state index is 12.3. The van der Waals surface area contributed by atoms with Gasteiger partial charge in [-0.3, -0.25) is 14.4 Å². The smallest absolute Gasteiger partial charge is 0.276 e. The summed E-state index contributed by atoms with van der Waals surface area (Å²) in [5.74, 6) is -0.164. The number of nitrogens with one attached hydrogen (secondary N) is 1. The van der Waals surface area contributed by atoms with Crippen molar-refractivity contribution in [2.24, 2.45) is 0 Å². The van der Waals surface area contributed by atoms with Crippen LogP contribution in [0.5, 0.6) is 0 Å². The van der Waals surface area contributed by atoms with E-state index in [1.54, 1.807) is 10.7 Å². The Morgan fingerprint density at radius 1 is 1.26 bits per heavy atom. The second kappa shape index (κ2) is 6.96. The van der Waals surface area contributed by atoms with Crippen molar-refractivity contribution in [2.45, 2.75) is 39.3 Å². The monoisotopic (exact) mass is 312 g/mol. The van der Waals surface area contributed by atoms with Gasteiger partial charge in [0, 0.05) is 24.5 Å². The SMILES string of the molecule is CC(C)n1ccc(C(=O)Nc2cccc(CN3CCCC3)c2)n1. The minimum absolute atomic E-state index is 0.164. The van der Waals surface area contributed by atoms with Crippen molar-refractivity contribution in [1.29, 1.82) is 0 Å². The van der Waals surface area contributed by atoms with Crippen LogP contribution in [0.2, 0.25) is 0 Å². The number of carbonyl (C=O) groups excluding carboxylic acids is 1. The van der Waals surface area contributed by atoms with Gasteiger partial charge >= 0.3 is 0 Å². The summed E-state index contributed by atoms with van der Waals surface area (Å²) >= 11 is 0. The molecule has 1 fully saturated rings. The predicted molar refractivity (Wildman–Crippen MR) is 91.5 cm³/mol. The molecule has 0 radical (unpaired) electrons. The standard InChI is InChI=1S/C18H24N4O/c1-14(2)22-11-8-17(20-22)18(23)19-16-7-5-6-15(12-16)13-21-9-3-4-10-21/h5-8,11-12,14H,3-4,9-10,13H2,1-2H3,(H,19,23). The number of hydrogen-bond acceptors (Lipinski definition) is 3. The average Bonchev–Trinajstić information content (AvgIpc) is 3.18. The number of rotatable bonds is 5. The van der Waals surface area contributed by atoms with E-state index >= 15 is 0 Å². The lowest BCUT2D eigenvalue weighted by Crippen LogP contribution is -2.18. The molecule has 1 saturated heterocycles. The van der Waals surface area contributed by atoms with Gasteiger partial charge in [0.15, 0.2) is 5.69 Å². The summed E-state index contributed by atoms with van der Waals surface area (Å²) in [5.41, 5.74) is 2.51. The van der Waals surface area contributed by atoms with E-state index in [9.17, 15) is 4.79 Å². The Balaban J connectivity index is 1.65. The highest BCUT2D eigenvalue weighted by atomic mass is 16.1. The molecule has 1 aromatic carbocycles. The third-order valence-corrected chi connectivity index (χ3v) is 4.16. The highest BCUT2D eigenvalue weighted by molar-refractivity contribution is 6.02. The van der Waals surface area contributed by atoms with Gasteiger partial charge in [-0.05, 0) is 63.5 Å². The van der Waals surface area contributed by atoms with Gasteiger partial charge in [-0.15, -0.1) is 0 Å². The van der Waals surface area contributed by atoms with Gasteiger partial charge in [0.05, 0.1) is 0 Å². The topological polar surface area (TPSA) is 50.2 Å². The van der Waals surface area contributed by atoms with Crippen molar-refractivity contribution in [1.82, 2.24) is 14.7 Å². The molecular weight excluding hydrogens is 288 g/mol. The lowest BCUT2D eigenvalue weighted by atomic mass is 10.2. The van der Waals surface area contributed by atoms with Crippen LogP contribution in [0.1, 0.15) is 48.8 Å². The largest absolute Gasteiger partial charge is 0.321 e. The predicted octanol–water partition coefficient (Wildman–Crippen LogP) is 3.31. The first kappa shape index (κ1) is 15.7. The Kier molecular flexibility index (Phi) is 4.76. The van der Waals surface area contributed by atoms with E-state index < -0.39 is 0 Å². The fourth-order valence-corrected chi connectivity index (χ4v) is 2.89. The number of aromatic nitrogens is 2. The summed E-state index contributed by atoms with van der Waals surface area (Å²) in [5, 5.41) is 7.25. The Hall–Kier alpha value is -2.14. The normalized spacial score (nSPS) is 15.3. The number of anilines is 1. The second-order valence-electron chi connectivity index (χ2n) is 6.41. The van der Waals surface area contributed by atoms with Crippen LogP contribution >= 0.6 is 0 Å². The van der Waals surface area contributed by atoms with Crippen molar-refractivity contribution < 1.29 is 4.79 Å². The van der Waals surface area contributed by atoms with E-state index in [0.717, 1.165) is 12.2 Å². The molecule has 1 aromatic heterocycles. The lowest BCUT2D eigenvalue weighted by molar-refractivity contribution is 0.102. The maximum Gasteiger partial charge on any atom is 0.276 e. The van der Waals surface area contributed by atoms with E-state index in [0.29, 0.717) is 5.69 Å². The molecule has 1 aliphatic heterocycles. The fourth-order valence-electron chi connectivity index (χ4n) is 2.89. The van der Waals surface area contributed by atoms with E-state index in [1.807, 2.05) is 32.2 Å². The third-order valence-electron chi connectivity index (χ3n) is 4.16. The summed E-state index contributed by atoms with van der Waals surface area (Å²) in [6.07, 6.45) is 4.41. The van der Waals surface area contributed by atoms with E-state index in [2.05, 4.69) is 27.4 Å². The van der Waals surface area contributed by atoms with Crippen LogP contribution in [0.25, 0.3) is 0 Å². The Morgan fingerprint density at radius 2 is 2.04 bits per heavy atom. The van der Waals surface area contributed by atoms with Gasteiger partial charge in [-0.1, -0.05) is 12.1 Å². The van der Waals surface area contributed by atoms with Gasteiger partial charge in [0.1, 0.15) is 0 Å². The number of benzene rings is 1. The van der Waals surface area contributed by atoms with E-state index in [4.69, 9.17) is 0 Å². The van der Waals surface area contributed by atoms with Gasteiger partial charge < -0.3 is 5.32 Å². The molecule has 0 bridgehead atoms. The first-order chi connectivity index (χ1) is 11.1. The number of amides is 1. The number of hydrogen-bond donors (Lipinski definition) is 1. The van der Waals surface area contributed by atoms with Crippen LogP contribution in [0.15, 0.2) is 36.5 Å². The summed E-state index contributed by atoms with van der Waals surface area (Å²) in [4.78, 5) is 14.8. The molecule has 0 saturated carbocycles. The minimum atomic E-state index is -0.164. The quantitative estimate of drug-likeness (QED) is 0.921. The van der Waals surface area contributed by atoms with Crippen LogP contribution in [-0.4, -0.2) is 33.7 Å². The summed E-state index contributed by atoms with van der Waals surface area (Å²) in [6.45, 7) is 7.37. The molecule has 122 valence electrons. The Labute approximate surface area is 137 Å². The molecule has 0 spiro atoms. The van der Waals surface area contributed by atoms with Crippen molar-refractivity contribution >= 4 is 11.6 Å². The van der Waals surface area contributed by atoms with Crippen molar-refractivity contribution in [3.8, 4) is 0 Å². The zero-order chi connectivity index (χ0) is 16.2. The van der Waals surface area contributed by atoms with Crippen LogP contribution in [-0.2, 0) is 6.54 Å². The van der Waals surface area contributed by atoms with Gasteiger partial charge in [0.2, 0.25) is 0 Å². The highest BCUT2D eigenvalue weighted by Crippen LogP contribution is 2.17. The molecule has 5 heteroatoms. The summed E-state index contributed by atoms with van der Waals surface area (Å²) in [6, 6.07) is 10.1. The Morgan fingerprint density at radius 3 is 2.74 bits per heavy atom. The van der Waals surface area contributed by atoms with Gasteiger partial charge in [-0.2, -0.15) is 5.10 Å². The van der Waals surface area contributed by atoms with E-state index in [-0.39, 0.29) is 11.9 Å². The summed E-state index contributed by atoms with van der Waals surface area (Å²) < 4.78 is 1.79. The van der Waals surface area contributed by atoms with Gasteiger partial charge in [-0.25, -0.2) is 0 Å². The molecule has 1 N–H and O–H groups in total. The molecule has 0 aliphatic carbocycles. The second-order valence-corrected chi connectivity index (χ2v) is 6.41. The van der Waals surface area contributed by atoms with Crippen molar-refractivity contribution in [2.75, 3.05) is 18.4 Å². The molecule has 5 nitrogen and oxygen atoms in total. The molecule has 0 unspecified atom stereocenters. The fraction of sp³-hybridized carbons (Fsp3) is 0.444. The van der Waals surface area contributed by atoms with Crippen LogP contribution in [0, 0.1) is 0 Å². The zero-order valence-corrected chi connectivity index (χ0v) is 13.8. The molecule has 3 rings (SSSR count). The molecule has 0 atom stereocenters. The lowest BCUT2D eigenvalue weighted by Gasteiger charge is -2.15. The number of carbonyl (C=O) groups is 1. The van der Waals surface area contributed by atoms with Crippen LogP contribution in [0.4, 0.5) is 5.69 Å². The molecule has 2 aromatic rings. The Bertz CT molecular complexity index is 671.